The van der Waals surface area contributed by atoms with Gasteiger partial charge >= 0.3 is 6.09 Å². The van der Waals surface area contributed by atoms with Crippen molar-refractivity contribution in [3.63, 3.8) is 0 Å². The number of aliphatic hydroxyl groups is 7. The van der Waals surface area contributed by atoms with Crippen LogP contribution in [0.25, 0.3) is 0 Å². The van der Waals surface area contributed by atoms with Gasteiger partial charge in [-0.25, -0.2) is 4.79 Å². The zero-order chi connectivity index (χ0) is 29.1. The Kier molecular flexibility index (Phi) is 13.4. The van der Waals surface area contributed by atoms with E-state index < -0.39 is 80.7 Å². The van der Waals surface area contributed by atoms with Gasteiger partial charge in [0.15, 0.2) is 12.6 Å². The van der Waals surface area contributed by atoms with Crippen molar-refractivity contribution in [2.45, 2.75) is 93.7 Å². The predicted molar refractivity (Wildman–Crippen MR) is 135 cm³/mol. The number of ether oxygens (including phenoxy) is 5. The van der Waals surface area contributed by atoms with Crippen molar-refractivity contribution in [2.24, 2.45) is 0 Å². The van der Waals surface area contributed by atoms with Crippen molar-refractivity contribution >= 4 is 6.09 Å². The number of carbonyl (C=O) groups is 1. The Morgan fingerprint density at radius 1 is 0.775 bits per heavy atom. The van der Waals surface area contributed by atoms with Crippen LogP contribution in [0.3, 0.4) is 0 Å². The molecule has 8 N–H and O–H groups in total. The van der Waals surface area contributed by atoms with Crippen LogP contribution in [0, 0.1) is 0 Å². The zero-order valence-electron chi connectivity index (χ0n) is 22.1. The quantitative estimate of drug-likeness (QED) is 0.114. The lowest BCUT2D eigenvalue weighted by Crippen LogP contribution is -2.64. The molecule has 0 spiro atoms. The molecule has 0 aliphatic carbocycles. The number of carbonyl (C=O) groups excluding carboxylic acids is 1. The van der Waals surface area contributed by atoms with Crippen molar-refractivity contribution in [1.29, 1.82) is 0 Å². The summed E-state index contributed by atoms with van der Waals surface area (Å²) >= 11 is 0. The van der Waals surface area contributed by atoms with Gasteiger partial charge in [-0.2, -0.15) is 0 Å². The summed E-state index contributed by atoms with van der Waals surface area (Å²) in [5.41, 5.74) is 0.902. The van der Waals surface area contributed by atoms with E-state index in [1.54, 1.807) is 0 Å². The molecule has 40 heavy (non-hydrogen) atoms. The van der Waals surface area contributed by atoms with E-state index in [1.807, 2.05) is 30.3 Å². The second-order valence-electron chi connectivity index (χ2n) is 9.78. The van der Waals surface area contributed by atoms with E-state index in [9.17, 15) is 40.5 Å². The van der Waals surface area contributed by atoms with Gasteiger partial charge in [0.05, 0.1) is 13.2 Å². The number of rotatable bonds is 14. The first-order chi connectivity index (χ1) is 19.3. The van der Waals surface area contributed by atoms with E-state index >= 15 is 0 Å². The highest BCUT2D eigenvalue weighted by Crippen LogP contribution is 2.29. The molecule has 2 fully saturated rings. The number of aliphatic hydroxyl groups excluding tert-OH is 7. The molecule has 14 heteroatoms. The van der Waals surface area contributed by atoms with E-state index in [0.717, 1.165) is 24.8 Å². The number of hydrogen-bond acceptors (Lipinski definition) is 13. The Bertz CT molecular complexity index is 860. The maximum atomic E-state index is 11.8. The highest BCUT2D eigenvalue weighted by atomic mass is 16.7. The first-order valence-electron chi connectivity index (χ1n) is 13.4. The number of amides is 1. The van der Waals surface area contributed by atoms with Gasteiger partial charge in [-0.1, -0.05) is 43.2 Å². The third kappa shape index (κ3) is 9.03. The Hall–Kier alpha value is -1.95. The van der Waals surface area contributed by atoms with Gasteiger partial charge in [-0.05, 0) is 18.4 Å². The van der Waals surface area contributed by atoms with Crippen LogP contribution < -0.4 is 5.32 Å². The van der Waals surface area contributed by atoms with Crippen molar-refractivity contribution in [3.05, 3.63) is 35.9 Å². The topological polar surface area (TPSA) is 217 Å². The highest BCUT2D eigenvalue weighted by Gasteiger charge is 2.50. The average Bonchev–Trinajstić information content (AvgIpc) is 2.97. The van der Waals surface area contributed by atoms with Crippen LogP contribution >= 0.6 is 0 Å². The molecule has 3 rings (SSSR count). The number of unbranched alkanes of at least 4 members (excludes halogenated alkanes) is 3. The summed E-state index contributed by atoms with van der Waals surface area (Å²) in [6.45, 7) is -0.455. The highest BCUT2D eigenvalue weighted by molar-refractivity contribution is 5.67. The Labute approximate surface area is 232 Å². The smallest absolute Gasteiger partial charge is 0.407 e. The van der Waals surface area contributed by atoms with Crippen LogP contribution in [0.5, 0.6) is 0 Å². The van der Waals surface area contributed by atoms with E-state index in [2.05, 4.69) is 5.32 Å². The van der Waals surface area contributed by atoms with Gasteiger partial charge in [0, 0.05) is 13.2 Å². The van der Waals surface area contributed by atoms with Crippen LogP contribution in [0.2, 0.25) is 0 Å². The lowest BCUT2D eigenvalue weighted by Gasteiger charge is -2.45. The summed E-state index contributed by atoms with van der Waals surface area (Å²) in [4.78, 5) is 11.8. The minimum atomic E-state index is -1.73. The van der Waals surface area contributed by atoms with E-state index in [4.69, 9.17) is 23.7 Å². The molecular weight excluding hydrogens is 534 g/mol. The number of alkyl carbamates (subject to hydrolysis) is 1. The van der Waals surface area contributed by atoms with Gasteiger partial charge in [0.25, 0.3) is 0 Å². The molecule has 2 aliphatic rings. The maximum Gasteiger partial charge on any atom is 0.407 e. The first-order valence-corrected chi connectivity index (χ1v) is 13.4. The lowest BCUT2D eigenvalue weighted by atomic mass is 9.97. The molecule has 1 aromatic carbocycles. The molecule has 4 unspecified atom stereocenters. The van der Waals surface area contributed by atoms with Crippen LogP contribution in [0.15, 0.2) is 30.3 Å². The normalized spacial score (nSPS) is 34.4. The summed E-state index contributed by atoms with van der Waals surface area (Å²) in [6, 6.07) is 9.36. The van der Waals surface area contributed by atoms with E-state index in [0.29, 0.717) is 13.0 Å². The van der Waals surface area contributed by atoms with Gasteiger partial charge < -0.3 is 64.7 Å². The summed E-state index contributed by atoms with van der Waals surface area (Å²) in [6.07, 6.45) is -12.4. The van der Waals surface area contributed by atoms with Crippen LogP contribution in [-0.2, 0) is 30.3 Å². The fraction of sp³-hybridized carbons (Fsp3) is 0.731. The van der Waals surface area contributed by atoms with E-state index in [1.165, 1.54) is 0 Å². The Balaban J connectivity index is 1.33. The van der Waals surface area contributed by atoms with Crippen molar-refractivity contribution < 1.29 is 64.2 Å². The molecule has 228 valence electrons. The second kappa shape index (κ2) is 16.5. The minimum absolute atomic E-state index is 0.192. The molecule has 2 saturated heterocycles. The van der Waals surface area contributed by atoms with Gasteiger partial charge in [0.2, 0.25) is 0 Å². The maximum absolute atomic E-state index is 11.8. The predicted octanol–water partition coefficient (Wildman–Crippen LogP) is -1.89. The van der Waals surface area contributed by atoms with Crippen LogP contribution in [0.1, 0.15) is 31.2 Å². The lowest BCUT2D eigenvalue weighted by molar-refractivity contribution is -0.359. The third-order valence-corrected chi connectivity index (χ3v) is 6.80. The fourth-order valence-electron chi connectivity index (χ4n) is 4.44. The Morgan fingerprint density at radius 3 is 2.12 bits per heavy atom. The molecule has 0 aromatic heterocycles. The molecule has 0 bridgehead atoms. The van der Waals surface area contributed by atoms with Crippen molar-refractivity contribution in [2.75, 3.05) is 26.4 Å². The molecule has 0 radical (unpaired) electrons. The summed E-state index contributed by atoms with van der Waals surface area (Å²) < 4.78 is 27.1. The second-order valence-corrected chi connectivity index (χ2v) is 9.78. The third-order valence-electron chi connectivity index (χ3n) is 6.80. The standard InChI is InChI=1S/C26H41NO13/c28-12-16-18(30)19(31)21(33)25(38-16)40-23-17(13-29)39-24(22(34)20(23)32)36-11-7-2-1-6-10-27-26(35)37-14-15-8-4-3-5-9-15/h3-5,8-9,16-25,28-34H,1-2,6-7,10-14H2,(H,27,35)/t16?,17?,18-,19-,20+,21?,22?,23+,24+,25-/m0/s1. The number of nitrogens with one attached hydrogen (secondary N) is 1. The fourth-order valence-corrected chi connectivity index (χ4v) is 4.44. The molecular formula is C26H41NO13. The van der Waals surface area contributed by atoms with Gasteiger partial charge in [-0.15, -0.1) is 0 Å². The molecule has 1 aromatic rings. The SMILES string of the molecule is O=C(NCCCCCCO[C@@H]1OC(CO)[C@@H](O[C@@H]2OC(CO)[C@H](O)[C@H](O)C2O)[C@H](O)C1O)OCc1ccccc1. The van der Waals surface area contributed by atoms with Crippen LogP contribution in [0.4, 0.5) is 4.79 Å². The van der Waals surface area contributed by atoms with E-state index in [-0.39, 0.29) is 13.2 Å². The average molecular weight is 576 g/mol. The summed E-state index contributed by atoms with van der Waals surface area (Å²) in [5, 5.41) is 73.0. The van der Waals surface area contributed by atoms with Crippen molar-refractivity contribution in [3.8, 4) is 0 Å². The molecule has 10 atom stereocenters. The molecule has 0 saturated carbocycles. The molecule has 14 nitrogen and oxygen atoms in total. The number of benzene rings is 1. The number of hydrogen-bond donors (Lipinski definition) is 8. The van der Waals surface area contributed by atoms with Gasteiger partial charge in [0.1, 0.15) is 55.4 Å². The summed E-state index contributed by atoms with van der Waals surface area (Å²) in [7, 11) is 0. The Morgan fingerprint density at radius 2 is 1.43 bits per heavy atom. The zero-order valence-corrected chi connectivity index (χ0v) is 22.1. The molecule has 1 amide bonds. The van der Waals surface area contributed by atoms with Gasteiger partial charge in [-0.3, -0.25) is 0 Å². The molecule has 2 aliphatic heterocycles. The van der Waals surface area contributed by atoms with Crippen molar-refractivity contribution in [1.82, 2.24) is 5.32 Å². The summed E-state index contributed by atoms with van der Waals surface area (Å²) in [5.74, 6) is 0. The monoisotopic (exact) mass is 575 g/mol. The minimum Gasteiger partial charge on any atom is -0.445 e. The molecule has 2 heterocycles. The van der Waals surface area contributed by atoms with Crippen LogP contribution in [-0.4, -0.2) is 130 Å². The largest absolute Gasteiger partial charge is 0.445 e. The first kappa shape index (κ1) is 32.6.